The Hall–Kier alpha value is -1.35. The Labute approximate surface area is 137 Å². The molecule has 4 saturated carbocycles. The van der Waals surface area contributed by atoms with Crippen molar-refractivity contribution >= 4 is 5.78 Å². The number of benzene rings is 1. The van der Waals surface area contributed by atoms with Crippen LogP contribution < -0.4 is 4.74 Å². The SMILES string of the molecule is COc1ccc(C2OC2C(=O)C23CC4CC(CC(C4)C2)C3)cc1. The van der Waals surface area contributed by atoms with Crippen LogP contribution in [0, 0.1) is 23.2 Å². The van der Waals surface area contributed by atoms with Gasteiger partial charge in [-0.2, -0.15) is 0 Å². The van der Waals surface area contributed by atoms with E-state index in [1.807, 2.05) is 24.3 Å². The van der Waals surface area contributed by atoms with E-state index in [-0.39, 0.29) is 17.6 Å². The molecule has 5 fully saturated rings. The van der Waals surface area contributed by atoms with Gasteiger partial charge in [-0.25, -0.2) is 0 Å². The van der Waals surface area contributed by atoms with Crippen LogP contribution in [0.1, 0.15) is 50.2 Å². The number of Topliss-reactive ketones (excluding diaryl/α,β-unsaturated/α-hetero) is 1. The van der Waals surface area contributed by atoms with Gasteiger partial charge in [0.15, 0.2) is 5.78 Å². The standard InChI is InChI=1S/C20H24O3/c1-22-16-4-2-15(3-5-16)17-18(23-17)19(21)20-9-12-6-13(10-20)8-14(7-12)11-20/h2-5,12-14,17-18H,6-11H2,1H3. The largest absolute Gasteiger partial charge is 0.497 e. The molecule has 1 heterocycles. The minimum absolute atomic E-state index is 0.0265. The van der Waals surface area contributed by atoms with Crippen LogP contribution in [0.2, 0.25) is 0 Å². The molecule has 0 radical (unpaired) electrons. The summed E-state index contributed by atoms with van der Waals surface area (Å²) < 4.78 is 11.0. The van der Waals surface area contributed by atoms with Gasteiger partial charge in [0, 0.05) is 5.41 Å². The Bertz CT molecular complexity index is 598. The number of rotatable bonds is 4. The van der Waals surface area contributed by atoms with Crippen LogP contribution in [0.3, 0.4) is 0 Å². The number of carbonyl (C=O) groups is 1. The van der Waals surface area contributed by atoms with Crippen molar-refractivity contribution in [1.29, 1.82) is 0 Å². The molecular formula is C20H24O3. The average Bonchev–Trinajstić information content (AvgIpc) is 3.33. The first-order valence-corrected chi connectivity index (χ1v) is 9.00. The molecule has 6 rings (SSSR count). The Morgan fingerprint density at radius 2 is 1.61 bits per heavy atom. The lowest BCUT2D eigenvalue weighted by Gasteiger charge is -2.55. The molecule has 4 bridgehead atoms. The van der Waals surface area contributed by atoms with E-state index >= 15 is 0 Å². The number of carbonyl (C=O) groups excluding carboxylic acids is 1. The minimum atomic E-state index is -0.195. The number of hydrogen-bond acceptors (Lipinski definition) is 3. The summed E-state index contributed by atoms with van der Waals surface area (Å²) in [6.45, 7) is 0. The molecular weight excluding hydrogens is 288 g/mol. The summed E-state index contributed by atoms with van der Waals surface area (Å²) in [5, 5.41) is 0. The third-order valence-electron chi connectivity index (χ3n) is 6.76. The lowest BCUT2D eigenvalue weighted by molar-refractivity contribution is -0.145. The maximum absolute atomic E-state index is 13.2. The molecule has 3 heteroatoms. The van der Waals surface area contributed by atoms with Crippen molar-refractivity contribution in [3.05, 3.63) is 29.8 Å². The van der Waals surface area contributed by atoms with E-state index in [4.69, 9.17) is 9.47 Å². The van der Waals surface area contributed by atoms with Gasteiger partial charge >= 0.3 is 0 Å². The van der Waals surface area contributed by atoms with Crippen molar-refractivity contribution < 1.29 is 14.3 Å². The highest BCUT2D eigenvalue weighted by Gasteiger charge is 2.60. The van der Waals surface area contributed by atoms with Crippen LogP contribution in [-0.2, 0) is 9.53 Å². The van der Waals surface area contributed by atoms with Gasteiger partial charge in [0.2, 0.25) is 0 Å². The van der Waals surface area contributed by atoms with Crippen molar-refractivity contribution in [2.24, 2.45) is 23.2 Å². The second-order valence-corrected chi connectivity index (χ2v) is 8.31. The summed E-state index contributed by atoms with van der Waals surface area (Å²) in [6.07, 6.45) is 7.30. The third kappa shape index (κ3) is 2.16. The maximum Gasteiger partial charge on any atom is 0.170 e. The number of epoxide rings is 1. The Morgan fingerprint density at radius 3 is 2.13 bits per heavy atom. The van der Waals surface area contributed by atoms with Gasteiger partial charge in [-0.15, -0.1) is 0 Å². The number of hydrogen-bond donors (Lipinski definition) is 0. The molecule has 1 aromatic carbocycles. The van der Waals surface area contributed by atoms with Gasteiger partial charge in [0.25, 0.3) is 0 Å². The summed E-state index contributed by atoms with van der Waals surface area (Å²) in [6, 6.07) is 7.94. The summed E-state index contributed by atoms with van der Waals surface area (Å²) >= 11 is 0. The van der Waals surface area contributed by atoms with Crippen molar-refractivity contribution in [3.8, 4) is 5.75 Å². The zero-order valence-electron chi connectivity index (χ0n) is 13.7. The molecule has 0 spiro atoms. The van der Waals surface area contributed by atoms with Gasteiger partial charge in [0.05, 0.1) is 7.11 Å². The van der Waals surface area contributed by atoms with Gasteiger partial charge in [-0.1, -0.05) is 12.1 Å². The monoisotopic (exact) mass is 312 g/mol. The number of ketones is 1. The molecule has 0 amide bonds. The van der Waals surface area contributed by atoms with E-state index in [0.29, 0.717) is 5.78 Å². The Balaban J connectivity index is 1.34. The number of ether oxygens (including phenoxy) is 2. The smallest absolute Gasteiger partial charge is 0.170 e. The third-order valence-corrected chi connectivity index (χ3v) is 6.76. The predicted octanol–water partition coefficient (Wildman–Crippen LogP) is 3.92. The molecule has 1 aromatic rings. The molecule has 1 aliphatic heterocycles. The molecule has 1 saturated heterocycles. The van der Waals surface area contributed by atoms with Crippen LogP contribution in [0.4, 0.5) is 0 Å². The fourth-order valence-corrected chi connectivity index (χ4v) is 6.07. The first-order valence-electron chi connectivity index (χ1n) is 9.00. The van der Waals surface area contributed by atoms with E-state index in [1.165, 1.54) is 19.3 Å². The molecule has 3 nitrogen and oxygen atoms in total. The number of methoxy groups -OCH3 is 1. The molecule has 4 aliphatic carbocycles. The topological polar surface area (TPSA) is 38.8 Å². The normalized spacial score (nSPS) is 43.4. The van der Waals surface area contributed by atoms with Crippen LogP contribution in [0.5, 0.6) is 5.75 Å². The van der Waals surface area contributed by atoms with Gasteiger partial charge in [-0.3, -0.25) is 4.79 Å². The van der Waals surface area contributed by atoms with Gasteiger partial charge < -0.3 is 9.47 Å². The van der Waals surface area contributed by atoms with Crippen molar-refractivity contribution in [1.82, 2.24) is 0 Å². The minimum Gasteiger partial charge on any atom is -0.497 e. The molecule has 0 N–H and O–H groups in total. The highest BCUT2D eigenvalue weighted by atomic mass is 16.6. The summed E-state index contributed by atoms with van der Waals surface area (Å²) in [5.74, 6) is 3.69. The molecule has 2 unspecified atom stereocenters. The van der Waals surface area contributed by atoms with Crippen LogP contribution in [0.15, 0.2) is 24.3 Å². The predicted molar refractivity (Wildman–Crippen MR) is 86.2 cm³/mol. The molecule has 5 aliphatic rings. The highest BCUT2D eigenvalue weighted by molar-refractivity contribution is 5.92. The van der Waals surface area contributed by atoms with Crippen LogP contribution >= 0.6 is 0 Å². The van der Waals surface area contributed by atoms with E-state index in [1.54, 1.807) is 7.11 Å². The molecule has 23 heavy (non-hydrogen) atoms. The first kappa shape index (κ1) is 14.0. The Morgan fingerprint density at radius 1 is 1.04 bits per heavy atom. The zero-order chi connectivity index (χ0) is 15.6. The van der Waals surface area contributed by atoms with Crippen LogP contribution in [-0.4, -0.2) is 19.0 Å². The molecule has 2 atom stereocenters. The van der Waals surface area contributed by atoms with Crippen molar-refractivity contribution in [2.45, 2.75) is 50.7 Å². The fraction of sp³-hybridized carbons (Fsp3) is 0.650. The first-order chi connectivity index (χ1) is 11.2. The summed E-state index contributed by atoms with van der Waals surface area (Å²) in [4.78, 5) is 13.2. The van der Waals surface area contributed by atoms with E-state index in [0.717, 1.165) is 48.3 Å². The zero-order valence-corrected chi connectivity index (χ0v) is 13.7. The highest BCUT2D eigenvalue weighted by Crippen LogP contribution is 2.62. The molecule has 122 valence electrons. The second-order valence-electron chi connectivity index (χ2n) is 8.31. The van der Waals surface area contributed by atoms with E-state index in [9.17, 15) is 4.79 Å². The van der Waals surface area contributed by atoms with Gasteiger partial charge in [0.1, 0.15) is 18.0 Å². The summed E-state index contributed by atoms with van der Waals surface area (Å²) in [5.41, 5.74) is 1.06. The second kappa shape index (κ2) is 4.83. The van der Waals surface area contributed by atoms with Crippen LogP contribution in [0.25, 0.3) is 0 Å². The summed E-state index contributed by atoms with van der Waals surface area (Å²) in [7, 11) is 1.67. The lowest BCUT2D eigenvalue weighted by Crippen LogP contribution is -2.51. The van der Waals surface area contributed by atoms with Crippen molar-refractivity contribution in [2.75, 3.05) is 7.11 Å². The van der Waals surface area contributed by atoms with E-state index in [2.05, 4.69) is 0 Å². The fourth-order valence-electron chi connectivity index (χ4n) is 6.07. The average molecular weight is 312 g/mol. The maximum atomic E-state index is 13.2. The Kier molecular flexibility index (Phi) is 2.94. The quantitative estimate of drug-likeness (QED) is 0.791. The van der Waals surface area contributed by atoms with E-state index < -0.39 is 0 Å². The van der Waals surface area contributed by atoms with Crippen molar-refractivity contribution in [3.63, 3.8) is 0 Å². The molecule has 0 aromatic heterocycles. The van der Waals surface area contributed by atoms with Gasteiger partial charge in [-0.05, 0) is 74.0 Å². The lowest BCUT2D eigenvalue weighted by atomic mass is 9.48.